The summed E-state index contributed by atoms with van der Waals surface area (Å²) in [5.74, 6) is 0.822. The van der Waals surface area contributed by atoms with E-state index in [0.29, 0.717) is 6.61 Å². The fourth-order valence-electron chi connectivity index (χ4n) is 2.46. The molecular formula is C21H19Br2NO. The van der Waals surface area contributed by atoms with Crippen LogP contribution in [0.2, 0.25) is 0 Å². The van der Waals surface area contributed by atoms with Crippen LogP contribution in [0.4, 0.5) is 5.69 Å². The average molecular weight is 461 g/mol. The molecule has 0 amide bonds. The first kappa shape index (κ1) is 18.0. The molecule has 0 radical (unpaired) electrons. The highest BCUT2D eigenvalue weighted by atomic mass is 79.9. The molecule has 0 aliphatic heterocycles. The zero-order valence-corrected chi connectivity index (χ0v) is 17.1. The third kappa shape index (κ3) is 5.10. The van der Waals surface area contributed by atoms with E-state index < -0.39 is 0 Å². The summed E-state index contributed by atoms with van der Waals surface area (Å²) in [5.41, 5.74) is 4.69. The highest BCUT2D eigenvalue weighted by Crippen LogP contribution is 2.35. The molecule has 0 saturated carbocycles. The molecule has 3 rings (SSSR count). The molecule has 0 bridgehead atoms. The van der Waals surface area contributed by atoms with E-state index in [-0.39, 0.29) is 0 Å². The number of halogens is 2. The molecule has 0 aliphatic carbocycles. The number of hydrogen-bond acceptors (Lipinski definition) is 2. The Hall–Kier alpha value is -1.78. The summed E-state index contributed by atoms with van der Waals surface area (Å²) >= 11 is 7.25. The van der Waals surface area contributed by atoms with Crippen molar-refractivity contribution in [3.8, 4) is 5.75 Å². The Balaban J connectivity index is 1.66. The largest absolute Gasteiger partial charge is 0.487 e. The van der Waals surface area contributed by atoms with Gasteiger partial charge in [-0.2, -0.15) is 0 Å². The van der Waals surface area contributed by atoms with Gasteiger partial charge in [0, 0.05) is 12.2 Å². The summed E-state index contributed by atoms with van der Waals surface area (Å²) in [6.07, 6.45) is 0. The van der Waals surface area contributed by atoms with Crippen molar-refractivity contribution in [2.24, 2.45) is 0 Å². The Labute approximate surface area is 165 Å². The van der Waals surface area contributed by atoms with E-state index in [1.807, 2.05) is 18.2 Å². The second kappa shape index (κ2) is 8.54. The number of ether oxygens (including phenoxy) is 1. The first-order chi connectivity index (χ1) is 12.1. The number of nitrogens with one attached hydrogen (secondary N) is 1. The van der Waals surface area contributed by atoms with Crippen LogP contribution in [-0.4, -0.2) is 0 Å². The van der Waals surface area contributed by atoms with Gasteiger partial charge in [0.05, 0.1) is 8.95 Å². The first-order valence-corrected chi connectivity index (χ1v) is 9.65. The van der Waals surface area contributed by atoms with Crippen LogP contribution in [0.5, 0.6) is 5.75 Å². The Morgan fingerprint density at radius 1 is 0.840 bits per heavy atom. The molecule has 1 N–H and O–H groups in total. The second-order valence-electron chi connectivity index (χ2n) is 5.88. The van der Waals surface area contributed by atoms with Gasteiger partial charge in [0.1, 0.15) is 12.4 Å². The lowest BCUT2D eigenvalue weighted by molar-refractivity contribution is 0.302. The smallest absolute Gasteiger partial charge is 0.148 e. The molecule has 0 atom stereocenters. The quantitative estimate of drug-likeness (QED) is 0.441. The molecule has 25 heavy (non-hydrogen) atoms. The number of anilines is 1. The predicted molar refractivity (Wildman–Crippen MR) is 111 cm³/mol. The number of aryl methyl sites for hydroxylation is 1. The molecule has 3 aromatic carbocycles. The molecule has 4 heteroatoms. The maximum atomic E-state index is 5.97. The number of rotatable bonds is 6. The zero-order chi connectivity index (χ0) is 17.6. The van der Waals surface area contributed by atoms with Crippen LogP contribution in [-0.2, 0) is 13.2 Å². The summed E-state index contributed by atoms with van der Waals surface area (Å²) in [7, 11) is 0. The molecular weight excluding hydrogens is 442 g/mol. The van der Waals surface area contributed by atoms with Gasteiger partial charge < -0.3 is 10.1 Å². The average Bonchev–Trinajstić information content (AvgIpc) is 2.61. The summed E-state index contributed by atoms with van der Waals surface area (Å²) in [6, 6.07) is 22.7. The molecule has 0 unspecified atom stereocenters. The lowest BCUT2D eigenvalue weighted by atomic mass is 10.2. The van der Waals surface area contributed by atoms with Crippen molar-refractivity contribution >= 4 is 37.5 Å². The minimum atomic E-state index is 0.541. The van der Waals surface area contributed by atoms with Gasteiger partial charge in [-0.25, -0.2) is 0 Å². The summed E-state index contributed by atoms with van der Waals surface area (Å²) < 4.78 is 7.86. The third-order valence-corrected chi connectivity index (χ3v) is 5.01. The van der Waals surface area contributed by atoms with Crippen molar-refractivity contribution in [2.75, 3.05) is 5.32 Å². The van der Waals surface area contributed by atoms with Crippen molar-refractivity contribution in [1.29, 1.82) is 0 Å². The van der Waals surface area contributed by atoms with Crippen LogP contribution in [0.15, 0.2) is 75.7 Å². The van der Waals surface area contributed by atoms with E-state index in [1.54, 1.807) is 0 Å². The number of benzene rings is 3. The van der Waals surface area contributed by atoms with Gasteiger partial charge in [-0.15, -0.1) is 0 Å². The summed E-state index contributed by atoms with van der Waals surface area (Å²) in [5, 5.41) is 3.44. The van der Waals surface area contributed by atoms with E-state index in [4.69, 9.17) is 4.74 Å². The minimum absolute atomic E-state index is 0.541. The van der Waals surface area contributed by atoms with E-state index in [2.05, 4.69) is 92.6 Å². The Morgan fingerprint density at radius 2 is 1.48 bits per heavy atom. The van der Waals surface area contributed by atoms with Crippen LogP contribution in [0.1, 0.15) is 16.7 Å². The van der Waals surface area contributed by atoms with E-state index >= 15 is 0 Å². The SMILES string of the molecule is Cc1ccc(NCc2cc(Br)c(OCc3ccccc3)c(Br)c2)cc1. The minimum Gasteiger partial charge on any atom is -0.487 e. The van der Waals surface area contributed by atoms with Crippen LogP contribution in [0.3, 0.4) is 0 Å². The van der Waals surface area contributed by atoms with Crippen LogP contribution < -0.4 is 10.1 Å². The standard InChI is InChI=1S/C21H19Br2NO/c1-15-7-9-18(10-8-15)24-13-17-11-19(22)21(20(23)12-17)25-14-16-5-3-2-4-6-16/h2-12,24H,13-14H2,1H3. The predicted octanol–water partition coefficient (Wildman–Crippen LogP) is 6.71. The molecule has 0 saturated heterocycles. The number of hydrogen-bond donors (Lipinski definition) is 1. The van der Waals surface area contributed by atoms with Crippen LogP contribution in [0.25, 0.3) is 0 Å². The van der Waals surface area contributed by atoms with Crippen molar-refractivity contribution < 1.29 is 4.74 Å². The van der Waals surface area contributed by atoms with Gasteiger partial charge in [0.2, 0.25) is 0 Å². The zero-order valence-electron chi connectivity index (χ0n) is 13.9. The van der Waals surface area contributed by atoms with Gasteiger partial charge >= 0.3 is 0 Å². The second-order valence-corrected chi connectivity index (χ2v) is 7.59. The molecule has 2 nitrogen and oxygen atoms in total. The Morgan fingerprint density at radius 3 is 2.12 bits per heavy atom. The van der Waals surface area contributed by atoms with Gasteiger partial charge in [-0.3, -0.25) is 0 Å². The maximum absolute atomic E-state index is 5.97. The van der Waals surface area contributed by atoms with E-state index in [1.165, 1.54) is 11.1 Å². The monoisotopic (exact) mass is 459 g/mol. The van der Waals surface area contributed by atoms with Crippen molar-refractivity contribution in [2.45, 2.75) is 20.1 Å². The van der Waals surface area contributed by atoms with Crippen LogP contribution >= 0.6 is 31.9 Å². The summed E-state index contributed by atoms with van der Waals surface area (Å²) in [6.45, 7) is 3.38. The van der Waals surface area contributed by atoms with Crippen molar-refractivity contribution in [1.82, 2.24) is 0 Å². The van der Waals surface area contributed by atoms with Crippen LogP contribution in [0, 0.1) is 6.92 Å². The fraction of sp³-hybridized carbons (Fsp3) is 0.143. The van der Waals surface area contributed by atoms with Gasteiger partial charge in [0.15, 0.2) is 0 Å². The van der Waals surface area contributed by atoms with Gasteiger partial charge in [-0.05, 0) is 74.2 Å². The maximum Gasteiger partial charge on any atom is 0.148 e. The van der Waals surface area contributed by atoms with Gasteiger partial charge in [-0.1, -0.05) is 48.0 Å². The van der Waals surface area contributed by atoms with Crippen molar-refractivity contribution in [3.63, 3.8) is 0 Å². The Kier molecular flexibility index (Phi) is 6.16. The molecule has 0 aliphatic rings. The van der Waals surface area contributed by atoms with E-state index in [0.717, 1.165) is 32.5 Å². The molecule has 0 fully saturated rings. The van der Waals surface area contributed by atoms with Crippen molar-refractivity contribution in [3.05, 3.63) is 92.4 Å². The Bertz CT molecular complexity index is 809. The summed E-state index contributed by atoms with van der Waals surface area (Å²) in [4.78, 5) is 0. The molecule has 0 heterocycles. The van der Waals surface area contributed by atoms with E-state index in [9.17, 15) is 0 Å². The lowest BCUT2D eigenvalue weighted by Crippen LogP contribution is -2.01. The molecule has 0 spiro atoms. The topological polar surface area (TPSA) is 21.3 Å². The lowest BCUT2D eigenvalue weighted by Gasteiger charge is -2.13. The highest BCUT2D eigenvalue weighted by Gasteiger charge is 2.09. The molecule has 3 aromatic rings. The highest BCUT2D eigenvalue weighted by molar-refractivity contribution is 9.11. The molecule has 128 valence electrons. The fourth-order valence-corrected chi connectivity index (χ4v) is 3.97. The van der Waals surface area contributed by atoms with Gasteiger partial charge in [0.25, 0.3) is 0 Å². The first-order valence-electron chi connectivity index (χ1n) is 8.07. The normalized spacial score (nSPS) is 10.5. The third-order valence-electron chi connectivity index (χ3n) is 3.83. The molecule has 0 aromatic heterocycles.